The molecule has 6 rings (SSSR count). The van der Waals surface area contributed by atoms with Gasteiger partial charge in [0.2, 0.25) is 0 Å². The maximum absolute atomic E-state index is 4.38. The van der Waals surface area contributed by atoms with E-state index in [1.54, 1.807) is 22.7 Å². The number of fused-ring (bicyclic) bond motifs is 5. The van der Waals surface area contributed by atoms with Gasteiger partial charge in [0.25, 0.3) is 0 Å². The molecule has 4 aromatic heterocycles. The van der Waals surface area contributed by atoms with Gasteiger partial charge in [0.1, 0.15) is 20.4 Å². The van der Waals surface area contributed by atoms with Crippen LogP contribution in [0.25, 0.3) is 29.8 Å². The van der Waals surface area contributed by atoms with Gasteiger partial charge in [-0.15, -0.1) is 43.1 Å². The highest BCUT2D eigenvalue weighted by atomic mass is 32.2. The minimum atomic E-state index is 0.904. The third-order valence-electron chi connectivity index (χ3n) is 5.28. The molecule has 8 nitrogen and oxygen atoms in total. The molecule has 0 saturated carbocycles. The molecular weight excluding hydrogens is 368 g/mol. The molecule has 0 amide bonds. The first kappa shape index (κ1) is 14.9. The summed E-state index contributed by atoms with van der Waals surface area (Å²) >= 11 is 3.50. The fourth-order valence-electron chi connectivity index (χ4n) is 4.01. The van der Waals surface area contributed by atoms with Crippen molar-refractivity contribution in [3.05, 3.63) is 0 Å². The van der Waals surface area contributed by atoms with E-state index >= 15 is 0 Å². The number of rotatable bonds is 2. The normalized spacial score (nSPS) is 18.2. The summed E-state index contributed by atoms with van der Waals surface area (Å²) in [6, 6.07) is 0. The lowest BCUT2D eigenvalue weighted by atomic mass is 10.3. The van der Waals surface area contributed by atoms with Crippen molar-refractivity contribution in [1.29, 1.82) is 0 Å². The van der Waals surface area contributed by atoms with E-state index in [0.717, 1.165) is 63.6 Å². The van der Waals surface area contributed by atoms with E-state index in [4.69, 9.17) is 0 Å². The van der Waals surface area contributed by atoms with Crippen molar-refractivity contribution in [2.24, 2.45) is 0 Å². The zero-order valence-corrected chi connectivity index (χ0v) is 15.7. The number of hydrogen-bond donors (Lipinski definition) is 0. The predicted octanol–water partition coefficient (Wildman–Crippen LogP) is 2.84. The summed E-state index contributed by atoms with van der Waals surface area (Å²) in [4.78, 5) is 4.64. The van der Waals surface area contributed by atoms with Crippen LogP contribution < -0.4 is 9.80 Å². The molecule has 2 saturated heterocycles. The third-order valence-corrected chi connectivity index (χ3v) is 7.72. The highest BCUT2D eigenvalue weighted by Gasteiger charge is 2.25. The summed E-state index contributed by atoms with van der Waals surface area (Å²) in [5.41, 5.74) is 1.81. The van der Waals surface area contributed by atoms with Crippen molar-refractivity contribution >= 4 is 64.1 Å². The Bertz CT molecular complexity index is 1040. The van der Waals surface area contributed by atoms with E-state index in [1.807, 2.05) is 0 Å². The largest absolute Gasteiger partial charge is 0.354 e. The van der Waals surface area contributed by atoms with E-state index in [1.165, 1.54) is 29.7 Å². The molecule has 2 fully saturated rings. The van der Waals surface area contributed by atoms with Crippen LogP contribution in [0.5, 0.6) is 0 Å². The monoisotopic (exact) mass is 384 g/mol. The van der Waals surface area contributed by atoms with Crippen LogP contribution in [0.1, 0.15) is 25.7 Å². The maximum Gasteiger partial charge on any atom is 0.172 e. The number of thiophene rings is 2. The van der Waals surface area contributed by atoms with Gasteiger partial charge < -0.3 is 9.80 Å². The number of anilines is 2. The lowest BCUT2D eigenvalue weighted by Gasteiger charge is -2.15. The summed E-state index contributed by atoms with van der Waals surface area (Å²) in [6.07, 6.45) is 4.85. The van der Waals surface area contributed by atoms with E-state index in [0.29, 0.717) is 0 Å². The lowest BCUT2D eigenvalue weighted by Crippen LogP contribution is -2.19. The molecule has 0 spiro atoms. The predicted molar refractivity (Wildman–Crippen MR) is 104 cm³/mol. The van der Waals surface area contributed by atoms with Gasteiger partial charge in [-0.1, -0.05) is 0 Å². The first-order chi connectivity index (χ1) is 12.9. The summed E-state index contributed by atoms with van der Waals surface area (Å²) < 4.78 is 3.44. The molecule has 0 aromatic carbocycles. The van der Waals surface area contributed by atoms with Gasteiger partial charge in [0.15, 0.2) is 11.6 Å². The van der Waals surface area contributed by atoms with Crippen molar-refractivity contribution in [3.63, 3.8) is 0 Å². The van der Waals surface area contributed by atoms with Crippen molar-refractivity contribution in [2.75, 3.05) is 36.0 Å². The SMILES string of the molecule is C1CCN(c2nnnc3c2sc2sc4c(N5CCCC5)nnnc4c23)C1. The van der Waals surface area contributed by atoms with Gasteiger partial charge in [-0.05, 0) is 36.1 Å². The highest BCUT2D eigenvalue weighted by molar-refractivity contribution is 7.45. The Labute approximate surface area is 156 Å². The van der Waals surface area contributed by atoms with Crippen LogP contribution >= 0.6 is 22.7 Å². The Balaban J connectivity index is 1.61. The first-order valence-electron chi connectivity index (χ1n) is 8.97. The number of nitrogens with zero attached hydrogens (tertiary/aromatic N) is 8. The molecule has 0 atom stereocenters. The van der Waals surface area contributed by atoms with E-state index in [2.05, 4.69) is 40.6 Å². The van der Waals surface area contributed by atoms with Crippen LogP contribution in [0.2, 0.25) is 0 Å². The fraction of sp³-hybridized carbons (Fsp3) is 0.500. The molecule has 0 bridgehead atoms. The zero-order valence-electron chi connectivity index (χ0n) is 14.1. The molecule has 6 heterocycles. The molecular formula is C16H16N8S2. The zero-order chi connectivity index (χ0) is 17.1. The first-order valence-corrected chi connectivity index (χ1v) is 10.6. The topological polar surface area (TPSA) is 83.8 Å². The van der Waals surface area contributed by atoms with Crippen LogP contribution in [0.15, 0.2) is 0 Å². The van der Waals surface area contributed by atoms with Gasteiger partial charge in [-0.2, -0.15) is 0 Å². The standard InChI is InChI=1S/C16H16N8S2/c1-2-6-23(5-1)14-12-10(17-21-19-14)9-11-13(26-16(9)25-12)15(20-22-18-11)24-7-3-4-8-24/h1-8H2. The summed E-state index contributed by atoms with van der Waals surface area (Å²) in [5, 5.41) is 26.6. The van der Waals surface area contributed by atoms with E-state index in [-0.39, 0.29) is 0 Å². The Morgan fingerprint density at radius 3 is 1.54 bits per heavy atom. The quantitative estimate of drug-likeness (QED) is 0.522. The Morgan fingerprint density at radius 1 is 0.615 bits per heavy atom. The van der Waals surface area contributed by atoms with Crippen LogP contribution in [0.3, 0.4) is 0 Å². The van der Waals surface area contributed by atoms with E-state index in [9.17, 15) is 0 Å². The summed E-state index contributed by atoms with van der Waals surface area (Å²) in [7, 11) is 0. The molecule has 4 aromatic rings. The van der Waals surface area contributed by atoms with Crippen LogP contribution in [-0.2, 0) is 0 Å². The van der Waals surface area contributed by atoms with Crippen molar-refractivity contribution < 1.29 is 0 Å². The van der Waals surface area contributed by atoms with Gasteiger partial charge in [0.05, 0.1) is 9.40 Å². The molecule has 2 aliphatic rings. The highest BCUT2D eigenvalue weighted by Crippen LogP contribution is 2.46. The minimum Gasteiger partial charge on any atom is -0.354 e. The number of aromatic nitrogens is 6. The second-order valence-electron chi connectivity index (χ2n) is 6.84. The van der Waals surface area contributed by atoms with Crippen LogP contribution in [0.4, 0.5) is 11.6 Å². The Kier molecular flexibility index (Phi) is 3.24. The average Bonchev–Trinajstić information content (AvgIpc) is 3.44. The summed E-state index contributed by atoms with van der Waals surface area (Å²) in [6.45, 7) is 4.18. The number of hydrogen-bond acceptors (Lipinski definition) is 10. The second-order valence-corrected chi connectivity index (χ2v) is 9.14. The third kappa shape index (κ3) is 2.05. The molecule has 2 aliphatic heterocycles. The Morgan fingerprint density at radius 2 is 1.08 bits per heavy atom. The molecule has 0 radical (unpaired) electrons. The van der Waals surface area contributed by atoms with Gasteiger partial charge in [-0.25, -0.2) is 0 Å². The molecule has 0 aliphatic carbocycles. The maximum atomic E-state index is 4.38. The Hall–Kier alpha value is -2.20. The molecule has 10 heteroatoms. The average molecular weight is 384 g/mol. The molecule has 132 valence electrons. The fourth-order valence-corrected chi connectivity index (χ4v) is 6.64. The van der Waals surface area contributed by atoms with Gasteiger partial charge >= 0.3 is 0 Å². The molecule has 0 unspecified atom stereocenters. The summed E-state index contributed by atoms with van der Waals surface area (Å²) in [5.74, 6) is 1.94. The molecule has 0 N–H and O–H groups in total. The van der Waals surface area contributed by atoms with Crippen LogP contribution in [-0.4, -0.2) is 57.0 Å². The van der Waals surface area contributed by atoms with Crippen molar-refractivity contribution in [3.8, 4) is 0 Å². The van der Waals surface area contributed by atoms with E-state index < -0.39 is 0 Å². The molecule has 26 heavy (non-hydrogen) atoms. The van der Waals surface area contributed by atoms with Gasteiger partial charge in [0, 0.05) is 26.2 Å². The minimum absolute atomic E-state index is 0.904. The van der Waals surface area contributed by atoms with Crippen molar-refractivity contribution in [2.45, 2.75) is 25.7 Å². The lowest BCUT2D eigenvalue weighted by molar-refractivity contribution is 0.846. The smallest absolute Gasteiger partial charge is 0.172 e. The van der Waals surface area contributed by atoms with Crippen molar-refractivity contribution in [1.82, 2.24) is 30.8 Å². The van der Waals surface area contributed by atoms with Crippen LogP contribution in [0, 0.1) is 0 Å². The van der Waals surface area contributed by atoms with Gasteiger partial charge in [-0.3, -0.25) is 0 Å². The second kappa shape index (κ2) is 5.65.